The Labute approximate surface area is 184 Å². The second-order valence-electron chi connectivity index (χ2n) is 7.40. The molecule has 1 aromatic carbocycles. The fourth-order valence-corrected chi connectivity index (χ4v) is 5.32. The molecule has 1 saturated heterocycles. The first-order valence-electron chi connectivity index (χ1n) is 9.52. The van der Waals surface area contributed by atoms with E-state index in [4.69, 9.17) is 11.5 Å². The number of nitrogens with two attached hydrogens (primary N) is 2. The second kappa shape index (κ2) is 7.80. The average Bonchev–Trinajstić information content (AvgIpc) is 3.17. The Morgan fingerprint density at radius 1 is 1.15 bits per heavy atom. The number of H-pyrrole nitrogens is 1. The molecule has 0 unspecified atom stereocenters. The lowest BCUT2D eigenvalue weighted by molar-refractivity contribution is -0.388. The minimum Gasteiger partial charge on any atom is -0.382 e. The van der Waals surface area contributed by atoms with Crippen molar-refractivity contribution in [1.82, 2.24) is 24.2 Å². The third-order valence-electron chi connectivity index (χ3n) is 5.36. The zero-order valence-electron chi connectivity index (χ0n) is 16.7. The van der Waals surface area contributed by atoms with Crippen molar-refractivity contribution in [2.24, 2.45) is 0 Å². The molecule has 0 atom stereocenters. The first kappa shape index (κ1) is 22.7. The van der Waals surface area contributed by atoms with Crippen LogP contribution in [0.2, 0.25) is 0 Å². The Hall–Kier alpha value is -3.53. The molecule has 16 heteroatoms. The summed E-state index contributed by atoms with van der Waals surface area (Å²) in [6.07, 6.45) is -4.25. The van der Waals surface area contributed by atoms with Gasteiger partial charge >= 0.3 is 6.18 Å². The monoisotopic (exact) mass is 486 g/mol. The van der Waals surface area contributed by atoms with Gasteiger partial charge in [-0.25, -0.2) is 13.4 Å². The molecule has 1 fully saturated rings. The molecule has 5 N–H and O–H groups in total. The van der Waals surface area contributed by atoms with Gasteiger partial charge in [-0.05, 0) is 25.0 Å². The van der Waals surface area contributed by atoms with E-state index >= 15 is 0 Å². The second-order valence-corrected chi connectivity index (χ2v) is 9.31. The van der Waals surface area contributed by atoms with Crippen molar-refractivity contribution >= 4 is 38.6 Å². The molecule has 1 aliphatic rings. The highest BCUT2D eigenvalue weighted by molar-refractivity contribution is 7.89. The predicted molar refractivity (Wildman–Crippen MR) is 109 cm³/mol. The minimum atomic E-state index is -4.85. The van der Waals surface area contributed by atoms with Gasteiger partial charge in [-0.2, -0.15) is 27.4 Å². The van der Waals surface area contributed by atoms with Gasteiger partial charge in [0.25, 0.3) is 5.69 Å². The van der Waals surface area contributed by atoms with Crippen LogP contribution >= 0.6 is 0 Å². The van der Waals surface area contributed by atoms with Crippen LogP contribution in [0.1, 0.15) is 30.1 Å². The van der Waals surface area contributed by atoms with Crippen LogP contribution in [0.15, 0.2) is 23.1 Å². The van der Waals surface area contributed by atoms with Crippen LogP contribution in [0.25, 0.3) is 11.2 Å². The summed E-state index contributed by atoms with van der Waals surface area (Å²) in [5, 5.41) is 11.3. The molecule has 176 valence electrons. The number of aromatic amines is 1. The lowest BCUT2D eigenvalue weighted by Gasteiger charge is -2.30. The molecule has 0 amide bonds. The zero-order chi connectivity index (χ0) is 24.1. The van der Waals surface area contributed by atoms with Gasteiger partial charge in [0, 0.05) is 25.1 Å². The normalized spacial score (nSPS) is 16.3. The van der Waals surface area contributed by atoms with Crippen LogP contribution in [0.5, 0.6) is 0 Å². The molecule has 0 saturated carbocycles. The highest BCUT2D eigenvalue weighted by Crippen LogP contribution is 2.37. The number of nitrogens with one attached hydrogen (secondary N) is 1. The third kappa shape index (κ3) is 4.13. The summed E-state index contributed by atoms with van der Waals surface area (Å²) >= 11 is 0. The van der Waals surface area contributed by atoms with Gasteiger partial charge in [0.2, 0.25) is 16.0 Å². The van der Waals surface area contributed by atoms with Crippen LogP contribution in [0.4, 0.5) is 30.6 Å². The van der Waals surface area contributed by atoms with Crippen molar-refractivity contribution in [2.75, 3.05) is 24.6 Å². The van der Waals surface area contributed by atoms with E-state index in [-0.39, 0.29) is 42.5 Å². The fraction of sp³-hybridized carbons (Fsp3) is 0.353. The maximum atomic E-state index is 13.0. The number of piperidine rings is 1. The number of imidazole rings is 1. The van der Waals surface area contributed by atoms with Crippen molar-refractivity contribution in [3.05, 3.63) is 39.7 Å². The molecule has 0 aliphatic carbocycles. The van der Waals surface area contributed by atoms with Gasteiger partial charge in [-0.3, -0.25) is 10.1 Å². The number of aromatic nitrogens is 4. The Morgan fingerprint density at radius 3 is 2.42 bits per heavy atom. The van der Waals surface area contributed by atoms with Gasteiger partial charge in [0.05, 0.1) is 10.5 Å². The number of benzene rings is 1. The summed E-state index contributed by atoms with van der Waals surface area (Å²) in [4.78, 5) is 24.6. The Morgan fingerprint density at radius 2 is 1.82 bits per heavy atom. The Balaban J connectivity index is 1.57. The van der Waals surface area contributed by atoms with Crippen molar-refractivity contribution in [3.63, 3.8) is 0 Å². The third-order valence-corrected chi connectivity index (χ3v) is 7.30. The molecule has 4 rings (SSSR count). The van der Waals surface area contributed by atoms with E-state index in [1.807, 2.05) is 0 Å². The largest absolute Gasteiger partial charge is 0.416 e. The predicted octanol–water partition coefficient (Wildman–Crippen LogP) is 2.01. The minimum absolute atomic E-state index is 0.0223. The van der Waals surface area contributed by atoms with Crippen molar-refractivity contribution in [2.45, 2.75) is 29.8 Å². The molecule has 12 nitrogen and oxygen atoms in total. The maximum absolute atomic E-state index is 13.0. The average molecular weight is 486 g/mol. The number of rotatable bonds is 4. The first-order chi connectivity index (χ1) is 15.4. The molecule has 3 aromatic rings. The van der Waals surface area contributed by atoms with E-state index in [2.05, 4.69) is 19.9 Å². The van der Waals surface area contributed by atoms with Gasteiger partial charge in [0.1, 0.15) is 11.3 Å². The summed E-state index contributed by atoms with van der Waals surface area (Å²) in [6.45, 7) is -0.0446. The number of hydrogen-bond acceptors (Lipinski definition) is 9. The number of fused-ring (bicyclic) bond motifs is 1. The van der Waals surface area contributed by atoms with Gasteiger partial charge in [0.15, 0.2) is 16.4 Å². The Kier molecular flexibility index (Phi) is 5.36. The van der Waals surface area contributed by atoms with E-state index in [1.54, 1.807) is 0 Å². The van der Waals surface area contributed by atoms with E-state index in [9.17, 15) is 31.7 Å². The number of nitro groups is 1. The van der Waals surface area contributed by atoms with Crippen molar-refractivity contribution in [1.29, 1.82) is 0 Å². The van der Waals surface area contributed by atoms with Gasteiger partial charge in [-0.15, -0.1) is 0 Å². The van der Waals surface area contributed by atoms with E-state index < -0.39 is 37.3 Å². The van der Waals surface area contributed by atoms with Crippen LogP contribution in [0.3, 0.4) is 0 Å². The van der Waals surface area contributed by atoms with E-state index in [0.29, 0.717) is 36.3 Å². The number of alkyl halides is 3. The number of anilines is 2. The smallest absolute Gasteiger partial charge is 0.382 e. The molecule has 3 heterocycles. The summed E-state index contributed by atoms with van der Waals surface area (Å²) in [5.74, 6) is 0.381. The number of sulfonamides is 1. The topological polar surface area (TPSA) is 187 Å². The van der Waals surface area contributed by atoms with Gasteiger partial charge in [-0.1, -0.05) is 0 Å². The van der Waals surface area contributed by atoms with E-state index in [0.717, 1.165) is 4.31 Å². The standard InChI is InChI=1S/C17H17F3N8O4S/c18-17(19,20)9-1-2-11(10(7-9)28(29)30)33(31,32)27-5-3-8(4-6-27)14-23-12-13(21)24-16(22)26-15(12)25-14/h1-2,7-8H,3-6H2,(H5,21,22,23,24,25,26). The summed E-state index contributed by atoms with van der Waals surface area (Å²) in [5.41, 5.74) is 9.60. The molecule has 0 bridgehead atoms. The molecular formula is C17H17F3N8O4S. The number of hydrogen-bond donors (Lipinski definition) is 3. The van der Waals surface area contributed by atoms with Crippen molar-refractivity contribution in [3.8, 4) is 0 Å². The summed E-state index contributed by atoms with van der Waals surface area (Å²) in [7, 11) is -4.41. The zero-order valence-corrected chi connectivity index (χ0v) is 17.5. The molecule has 2 aromatic heterocycles. The lowest BCUT2D eigenvalue weighted by Crippen LogP contribution is -2.38. The van der Waals surface area contributed by atoms with Crippen LogP contribution in [0, 0.1) is 10.1 Å². The fourth-order valence-electron chi connectivity index (χ4n) is 3.71. The van der Waals surface area contributed by atoms with Crippen LogP contribution < -0.4 is 11.5 Å². The molecule has 0 spiro atoms. The molecular weight excluding hydrogens is 469 g/mol. The molecule has 0 radical (unpaired) electrons. The number of nitrogen functional groups attached to an aromatic ring is 2. The highest BCUT2D eigenvalue weighted by Gasteiger charge is 2.38. The summed E-state index contributed by atoms with van der Waals surface area (Å²) < 4.78 is 65.8. The molecule has 33 heavy (non-hydrogen) atoms. The first-order valence-corrected chi connectivity index (χ1v) is 11.0. The van der Waals surface area contributed by atoms with Crippen LogP contribution in [-0.4, -0.2) is 50.7 Å². The van der Waals surface area contributed by atoms with E-state index in [1.165, 1.54) is 0 Å². The number of nitrogens with zero attached hydrogens (tertiary/aromatic N) is 5. The molecule has 1 aliphatic heterocycles. The van der Waals surface area contributed by atoms with Gasteiger partial charge < -0.3 is 16.5 Å². The number of nitro benzene ring substituents is 1. The summed E-state index contributed by atoms with van der Waals surface area (Å²) in [6, 6.07) is 1.36. The maximum Gasteiger partial charge on any atom is 0.416 e. The highest BCUT2D eigenvalue weighted by atomic mass is 32.2. The van der Waals surface area contributed by atoms with Crippen LogP contribution in [-0.2, 0) is 16.2 Å². The van der Waals surface area contributed by atoms with Crippen molar-refractivity contribution < 1.29 is 26.5 Å². The quantitative estimate of drug-likeness (QED) is 0.366. The Bertz CT molecular complexity index is 1350. The lowest BCUT2D eigenvalue weighted by atomic mass is 9.97. The SMILES string of the molecule is Nc1nc(N)c2[nH]c(C3CCN(S(=O)(=O)c4ccc(C(F)(F)F)cc4[N+](=O)[O-])CC3)nc2n1. The number of halogens is 3.